The summed E-state index contributed by atoms with van der Waals surface area (Å²) in [5.41, 5.74) is 8.48. The van der Waals surface area contributed by atoms with Gasteiger partial charge in [-0.15, -0.1) is 11.8 Å². The number of hydrogen-bond acceptors (Lipinski definition) is 4. The number of amides is 2. The zero-order valence-electron chi connectivity index (χ0n) is 14.2. The SMILES string of the molecule is Cc1ccccc1CCNC(=O)CNc1ccccc1SCC(N)=O. The van der Waals surface area contributed by atoms with Crippen molar-refractivity contribution in [2.45, 2.75) is 18.2 Å². The van der Waals surface area contributed by atoms with Crippen LogP contribution in [0.1, 0.15) is 11.1 Å². The Bertz CT molecular complexity index is 734. The molecule has 0 aliphatic rings. The maximum absolute atomic E-state index is 12.0. The largest absolute Gasteiger partial charge is 0.375 e. The first-order valence-electron chi connectivity index (χ1n) is 8.11. The molecule has 0 saturated carbocycles. The summed E-state index contributed by atoms with van der Waals surface area (Å²) in [4.78, 5) is 23.8. The van der Waals surface area contributed by atoms with Crippen molar-refractivity contribution in [2.24, 2.45) is 5.73 Å². The monoisotopic (exact) mass is 357 g/mol. The van der Waals surface area contributed by atoms with Crippen LogP contribution >= 0.6 is 11.8 Å². The van der Waals surface area contributed by atoms with Crippen LogP contribution in [-0.4, -0.2) is 30.7 Å². The van der Waals surface area contributed by atoms with E-state index in [0.29, 0.717) is 6.54 Å². The Hall–Kier alpha value is -2.47. The first kappa shape index (κ1) is 18.9. The van der Waals surface area contributed by atoms with Crippen molar-refractivity contribution in [1.82, 2.24) is 5.32 Å². The third-order valence-electron chi connectivity index (χ3n) is 3.67. The Morgan fingerprint density at radius 1 is 1.08 bits per heavy atom. The number of carbonyl (C=O) groups is 2. The van der Waals surface area contributed by atoms with Gasteiger partial charge in [-0.25, -0.2) is 0 Å². The maximum Gasteiger partial charge on any atom is 0.239 e. The summed E-state index contributed by atoms with van der Waals surface area (Å²) < 4.78 is 0. The number of nitrogens with two attached hydrogens (primary N) is 1. The summed E-state index contributed by atoms with van der Waals surface area (Å²) in [7, 11) is 0. The predicted molar refractivity (Wildman–Crippen MR) is 103 cm³/mol. The van der Waals surface area contributed by atoms with Gasteiger partial charge in [-0.2, -0.15) is 0 Å². The van der Waals surface area contributed by atoms with E-state index in [-0.39, 0.29) is 24.1 Å². The number of benzene rings is 2. The Labute approximate surface area is 152 Å². The van der Waals surface area contributed by atoms with E-state index < -0.39 is 0 Å². The lowest BCUT2D eigenvalue weighted by molar-refractivity contribution is -0.119. The second-order valence-electron chi connectivity index (χ2n) is 5.63. The van der Waals surface area contributed by atoms with Crippen LogP contribution in [0.15, 0.2) is 53.4 Å². The Morgan fingerprint density at radius 3 is 2.56 bits per heavy atom. The van der Waals surface area contributed by atoms with E-state index in [9.17, 15) is 9.59 Å². The number of primary amides is 1. The highest BCUT2D eigenvalue weighted by atomic mass is 32.2. The van der Waals surface area contributed by atoms with Crippen LogP contribution in [-0.2, 0) is 16.0 Å². The molecular weight excluding hydrogens is 334 g/mol. The number of rotatable bonds is 9. The summed E-state index contributed by atoms with van der Waals surface area (Å²) in [6.45, 7) is 2.85. The molecule has 2 rings (SSSR count). The number of anilines is 1. The average Bonchev–Trinajstić information content (AvgIpc) is 2.60. The van der Waals surface area contributed by atoms with Crippen molar-refractivity contribution in [3.63, 3.8) is 0 Å². The molecule has 0 aromatic heterocycles. The van der Waals surface area contributed by atoms with Gasteiger partial charge in [0.05, 0.1) is 12.3 Å². The van der Waals surface area contributed by atoms with Crippen molar-refractivity contribution >= 4 is 29.3 Å². The Morgan fingerprint density at radius 2 is 1.80 bits per heavy atom. The molecular formula is C19H23N3O2S. The number of nitrogens with one attached hydrogen (secondary N) is 2. The molecule has 2 aromatic carbocycles. The van der Waals surface area contributed by atoms with Gasteiger partial charge in [-0.05, 0) is 36.6 Å². The molecule has 0 atom stereocenters. The van der Waals surface area contributed by atoms with E-state index in [1.54, 1.807) is 0 Å². The minimum absolute atomic E-state index is 0.0664. The van der Waals surface area contributed by atoms with E-state index in [1.807, 2.05) is 36.4 Å². The lowest BCUT2D eigenvalue weighted by Gasteiger charge is -2.12. The first-order valence-corrected chi connectivity index (χ1v) is 9.10. The molecule has 4 N–H and O–H groups in total. The molecule has 0 aliphatic carbocycles. The molecule has 0 heterocycles. The quantitative estimate of drug-likeness (QED) is 0.602. The summed E-state index contributed by atoms with van der Waals surface area (Å²) in [6, 6.07) is 15.7. The van der Waals surface area contributed by atoms with Crippen molar-refractivity contribution in [3.05, 3.63) is 59.7 Å². The van der Waals surface area contributed by atoms with Gasteiger partial charge in [0.15, 0.2) is 0 Å². The molecule has 6 heteroatoms. The second-order valence-corrected chi connectivity index (χ2v) is 6.65. The first-order chi connectivity index (χ1) is 12.1. The molecule has 132 valence electrons. The third kappa shape index (κ3) is 6.51. The minimum Gasteiger partial charge on any atom is -0.375 e. The predicted octanol–water partition coefficient (Wildman–Crippen LogP) is 2.34. The highest BCUT2D eigenvalue weighted by Gasteiger charge is 2.06. The van der Waals surface area contributed by atoms with Crippen LogP contribution < -0.4 is 16.4 Å². The van der Waals surface area contributed by atoms with Crippen molar-refractivity contribution in [3.8, 4) is 0 Å². The van der Waals surface area contributed by atoms with Gasteiger partial charge in [0.2, 0.25) is 11.8 Å². The molecule has 0 radical (unpaired) electrons. The molecule has 0 aliphatic heterocycles. The minimum atomic E-state index is -0.367. The van der Waals surface area contributed by atoms with Gasteiger partial charge < -0.3 is 16.4 Å². The summed E-state index contributed by atoms with van der Waals surface area (Å²) in [5, 5.41) is 6.03. The normalized spacial score (nSPS) is 10.3. The van der Waals surface area contributed by atoms with Gasteiger partial charge in [0.25, 0.3) is 0 Å². The topological polar surface area (TPSA) is 84.2 Å². The van der Waals surface area contributed by atoms with Crippen LogP contribution in [0.4, 0.5) is 5.69 Å². The number of para-hydroxylation sites is 1. The molecule has 0 spiro atoms. The van der Waals surface area contributed by atoms with Crippen molar-refractivity contribution < 1.29 is 9.59 Å². The zero-order chi connectivity index (χ0) is 18.1. The zero-order valence-corrected chi connectivity index (χ0v) is 15.1. The van der Waals surface area contributed by atoms with E-state index in [4.69, 9.17) is 5.73 Å². The van der Waals surface area contributed by atoms with Crippen LogP contribution in [0.3, 0.4) is 0 Å². The van der Waals surface area contributed by atoms with Gasteiger partial charge in [-0.1, -0.05) is 36.4 Å². The van der Waals surface area contributed by atoms with Crippen LogP contribution in [0, 0.1) is 6.92 Å². The lowest BCUT2D eigenvalue weighted by Crippen LogP contribution is -2.31. The fourth-order valence-electron chi connectivity index (χ4n) is 2.35. The van der Waals surface area contributed by atoms with Crippen LogP contribution in [0.2, 0.25) is 0 Å². The van der Waals surface area contributed by atoms with E-state index in [2.05, 4.69) is 29.7 Å². The Kier molecular flexibility index (Phi) is 7.35. The molecule has 0 unspecified atom stereocenters. The smallest absolute Gasteiger partial charge is 0.239 e. The summed E-state index contributed by atoms with van der Waals surface area (Å²) in [6.07, 6.45) is 0.809. The van der Waals surface area contributed by atoms with Gasteiger partial charge in [0.1, 0.15) is 0 Å². The molecule has 2 aromatic rings. The summed E-state index contributed by atoms with van der Waals surface area (Å²) in [5.74, 6) is -0.224. The summed E-state index contributed by atoms with van der Waals surface area (Å²) >= 11 is 1.35. The van der Waals surface area contributed by atoms with Crippen molar-refractivity contribution in [2.75, 3.05) is 24.2 Å². The van der Waals surface area contributed by atoms with E-state index >= 15 is 0 Å². The number of hydrogen-bond donors (Lipinski definition) is 3. The fraction of sp³-hybridized carbons (Fsp3) is 0.263. The van der Waals surface area contributed by atoms with Gasteiger partial charge in [0, 0.05) is 17.1 Å². The van der Waals surface area contributed by atoms with Crippen molar-refractivity contribution in [1.29, 1.82) is 0 Å². The molecule has 0 fully saturated rings. The van der Waals surface area contributed by atoms with Crippen LogP contribution in [0.25, 0.3) is 0 Å². The highest BCUT2D eigenvalue weighted by molar-refractivity contribution is 8.00. The van der Waals surface area contributed by atoms with E-state index in [0.717, 1.165) is 17.0 Å². The van der Waals surface area contributed by atoms with Crippen LogP contribution in [0.5, 0.6) is 0 Å². The molecule has 2 amide bonds. The molecule has 0 saturated heterocycles. The maximum atomic E-state index is 12.0. The van der Waals surface area contributed by atoms with Gasteiger partial charge >= 0.3 is 0 Å². The Balaban J connectivity index is 1.78. The molecule has 25 heavy (non-hydrogen) atoms. The number of thioether (sulfide) groups is 1. The standard InChI is InChI=1S/C19H23N3O2S/c1-14-6-2-3-7-15(14)10-11-21-19(24)12-22-16-8-4-5-9-17(16)25-13-18(20)23/h2-9,22H,10-13H2,1H3,(H2,20,23)(H,21,24). The highest BCUT2D eigenvalue weighted by Crippen LogP contribution is 2.26. The lowest BCUT2D eigenvalue weighted by atomic mass is 10.1. The number of carbonyl (C=O) groups excluding carboxylic acids is 2. The molecule has 0 bridgehead atoms. The number of aryl methyl sites for hydroxylation is 1. The molecule has 5 nitrogen and oxygen atoms in total. The van der Waals surface area contributed by atoms with Gasteiger partial charge in [-0.3, -0.25) is 9.59 Å². The fourth-order valence-corrected chi connectivity index (χ4v) is 3.12. The average molecular weight is 357 g/mol. The third-order valence-corrected chi connectivity index (χ3v) is 4.77. The second kappa shape index (κ2) is 9.74. The van der Waals surface area contributed by atoms with E-state index in [1.165, 1.54) is 22.9 Å².